The second-order valence-electron chi connectivity index (χ2n) is 6.96. The maximum Gasteiger partial charge on any atom is 0.255 e. The third kappa shape index (κ3) is 2.97. The Morgan fingerprint density at radius 1 is 1.07 bits per heavy atom. The number of nitrogens with zero attached hydrogens (tertiary/aromatic N) is 4. The van der Waals surface area contributed by atoms with Crippen LogP contribution in [-0.4, -0.2) is 32.2 Å². The Kier molecular flexibility index (Phi) is 4.21. The van der Waals surface area contributed by atoms with Crippen molar-refractivity contribution >= 4 is 28.1 Å². The van der Waals surface area contributed by atoms with E-state index < -0.39 is 0 Å². The summed E-state index contributed by atoms with van der Waals surface area (Å²) in [4.78, 5) is 17.6. The predicted molar refractivity (Wildman–Crippen MR) is 116 cm³/mol. The lowest BCUT2D eigenvalue weighted by Gasteiger charge is -2.09. The number of pyridine rings is 1. The number of hydrogen-bond acceptors (Lipinski definition) is 4. The standard InChI is InChI=1S/C23H19N5O2/c1-27-23(30-2)17-11-10-15(13-19(17)26-27)22(29)25-18-8-4-3-7-16(18)20-14-28-12-6-5-9-21(28)24-20/h3-14H,1-2H3,(H,25,29). The molecule has 0 atom stereocenters. The number of carbonyl (C=O) groups is 1. The third-order valence-corrected chi connectivity index (χ3v) is 5.05. The number of imidazole rings is 1. The maximum atomic E-state index is 13.0. The summed E-state index contributed by atoms with van der Waals surface area (Å²) < 4.78 is 8.99. The molecule has 0 aliphatic heterocycles. The highest BCUT2D eigenvalue weighted by molar-refractivity contribution is 6.08. The Labute approximate surface area is 172 Å². The number of nitrogens with one attached hydrogen (secondary N) is 1. The summed E-state index contributed by atoms with van der Waals surface area (Å²) in [5, 5.41) is 8.30. The van der Waals surface area contributed by atoms with Crippen molar-refractivity contribution in [3.8, 4) is 17.1 Å². The molecule has 0 fully saturated rings. The molecule has 5 rings (SSSR count). The Morgan fingerprint density at radius 2 is 1.90 bits per heavy atom. The Bertz CT molecular complexity index is 1370. The highest BCUT2D eigenvalue weighted by Gasteiger charge is 2.15. The van der Waals surface area contributed by atoms with Crippen molar-refractivity contribution in [3.63, 3.8) is 0 Å². The number of fused-ring (bicyclic) bond motifs is 2. The van der Waals surface area contributed by atoms with Gasteiger partial charge in [-0.25, -0.2) is 9.67 Å². The number of para-hydroxylation sites is 1. The summed E-state index contributed by atoms with van der Waals surface area (Å²) in [5.74, 6) is 0.451. The van der Waals surface area contributed by atoms with Gasteiger partial charge in [-0.2, -0.15) is 5.10 Å². The number of aromatic nitrogens is 4. The van der Waals surface area contributed by atoms with Crippen molar-refractivity contribution in [2.45, 2.75) is 0 Å². The van der Waals surface area contributed by atoms with E-state index in [0.717, 1.165) is 22.3 Å². The average Bonchev–Trinajstić information content (AvgIpc) is 3.33. The van der Waals surface area contributed by atoms with Crippen LogP contribution in [0.5, 0.6) is 5.88 Å². The van der Waals surface area contributed by atoms with Crippen molar-refractivity contribution in [1.82, 2.24) is 19.2 Å². The molecule has 0 radical (unpaired) electrons. The summed E-state index contributed by atoms with van der Waals surface area (Å²) >= 11 is 0. The number of hydrogen-bond donors (Lipinski definition) is 1. The predicted octanol–water partition coefficient (Wildman–Crippen LogP) is 4.15. The van der Waals surface area contributed by atoms with Crippen molar-refractivity contribution in [1.29, 1.82) is 0 Å². The summed E-state index contributed by atoms with van der Waals surface area (Å²) in [6, 6.07) is 18.9. The number of benzene rings is 2. The van der Waals surface area contributed by atoms with E-state index in [-0.39, 0.29) is 5.91 Å². The number of aryl methyl sites for hydroxylation is 1. The van der Waals surface area contributed by atoms with Crippen LogP contribution < -0.4 is 10.1 Å². The molecule has 7 nitrogen and oxygen atoms in total. The first-order valence-corrected chi connectivity index (χ1v) is 9.49. The van der Waals surface area contributed by atoms with Crippen LogP contribution in [0.4, 0.5) is 5.69 Å². The molecule has 2 aromatic carbocycles. The van der Waals surface area contributed by atoms with Gasteiger partial charge < -0.3 is 14.5 Å². The van der Waals surface area contributed by atoms with Crippen LogP contribution in [0.15, 0.2) is 73.1 Å². The van der Waals surface area contributed by atoms with Gasteiger partial charge in [0.25, 0.3) is 5.91 Å². The molecule has 0 unspecified atom stereocenters. The fourth-order valence-electron chi connectivity index (χ4n) is 3.63. The van der Waals surface area contributed by atoms with E-state index in [1.54, 1.807) is 23.9 Å². The molecule has 0 saturated heterocycles. The number of anilines is 1. The molecule has 0 saturated carbocycles. The molecule has 0 bridgehead atoms. The number of carbonyl (C=O) groups excluding carboxylic acids is 1. The molecule has 7 heteroatoms. The zero-order valence-corrected chi connectivity index (χ0v) is 16.5. The van der Waals surface area contributed by atoms with E-state index in [4.69, 9.17) is 4.74 Å². The fraction of sp³-hybridized carbons (Fsp3) is 0.0870. The first-order chi connectivity index (χ1) is 14.6. The second kappa shape index (κ2) is 7.04. The molecule has 0 aliphatic rings. The number of ether oxygens (including phenoxy) is 1. The SMILES string of the molecule is COc1c2ccc(C(=O)Nc3ccccc3-c3cn4ccccc4n3)cc2nn1C. The summed E-state index contributed by atoms with van der Waals surface area (Å²) in [6.45, 7) is 0. The third-order valence-electron chi connectivity index (χ3n) is 5.05. The van der Waals surface area contributed by atoms with Gasteiger partial charge in [0.15, 0.2) is 0 Å². The van der Waals surface area contributed by atoms with Gasteiger partial charge >= 0.3 is 0 Å². The smallest absolute Gasteiger partial charge is 0.255 e. The first kappa shape index (κ1) is 17.9. The largest absolute Gasteiger partial charge is 0.481 e. The van der Waals surface area contributed by atoms with Gasteiger partial charge in [0.2, 0.25) is 5.88 Å². The number of rotatable bonds is 4. The minimum Gasteiger partial charge on any atom is -0.481 e. The zero-order chi connectivity index (χ0) is 20.7. The summed E-state index contributed by atoms with van der Waals surface area (Å²) in [5.41, 5.74) is 4.42. The molecular weight excluding hydrogens is 378 g/mol. The normalized spacial score (nSPS) is 11.1. The van der Waals surface area contributed by atoms with Crippen LogP contribution in [-0.2, 0) is 7.05 Å². The van der Waals surface area contributed by atoms with Crippen LogP contribution in [0.1, 0.15) is 10.4 Å². The topological polar surface area (TPSA) is 73.4 Å². The average molecular weight is 397 g/mol. The van der Waals surface area contributed by atoms with Gasteiger partial charge in [0, 0.05) is 30.6 Å². The molecule has 3 aromatic heterocycles. The van der Waals surface area contributed by atoms with Crippen LogP contribution in [0.3, 0.4) is 0 Å². The van der Waals surface area contributed by atoms with E-state index in [0.29, 0.717) is 22.6 Å². The molecule has 1 amide bonds. The lowest BCUT2D eigenvalue weighted by molar-refractivity contribution is 0.102. The lowest BCUT2D eigenvalue weighted by atomic mass is 10.1. The van der Waals surface area contributed by atoms with Crippen molar-refractivity contribution in [2.24, 2.45) is 7.05 Å². The summed E-state index contributed by atoms with van der Waals surface area (Å²) in [6.07, 6.45) is 3.90. The Morgan fingerprint density at radius 3 is 2.73 bits per heavy atom. The molecule has 0 aliphatic carbocycles. The van der Waals surface area contributed by atoms with Crippen LogP contribution in [0.25, 0.3) is 27.8 Å². The molecule has 0 spiro atoms. The van der Waals surface area contributed by atoms with E-state index >= 15 is 0 Å². The fourth-order valence-corrected chi connectivity index (χ4v) is 3.63. The highest BCUT2D eigenvalue weighted by Crippen LogP contribution is 2.29. The van der Waals surface area contributed by atoms with Crippen LogP contribution in [0.2, 0.25) is 0 Å². The zero-order valence-electron chi connectivity index (χ0n) is 16.5. The van der Waals surface area contributed by atoms with E-state index in [2.05, 4.69) is 15.4 Å². The van der Waals surface area contributed by atoms with E-state index in [9.17, 15) is 4.79 Å². The second-order valence-corrected chi connectivity index (χ2v) is 6.96. The number of methoxy groups -OCH3 is 1. The summed E-state index contributed by atoms with van der Waals surface area (Å²) in [7, 11) is 3.41. The molecule has 30 heavy (non-hydrogen) atoms. The van der Waals surface area contributed by atoms with Crippen molar-refractivity contribution in [2.75, 3.05) is 12.4 Å². The van der Waals surface area contributed by atoms with Gasteiger partial charge in [0.05, 0.1) is 29.4 Å². The maximum absolute atomic E-state index is 13.0. The van der Waals surface area contributed by atoms with Crippen LogP contribution in [0, 0.1) is 0 Å². The van der Waals surface area contributed by atoms with E-state index in [1.165, 1.54) is 0 Å². The van der Waals surface area contributed by atoms with E-state index in [1.807, 2.05) is 72.4 Å². The minimum atomic E-state index is -0.210. The molecular formula is C23H19N5O2. The lowest BCUT2D eigenvalue weighted by Crippen LogP contribution is -2.12. The van der Waals surface area contributed by atoms with Crippen molar-refractivity contribution < 1.29 is 9.53 Å². The quantitative estimate of drug-likeness (QED) is 0.494. The molecule has 5 aromatic rings. The highest BCUT2D eigenvalue weighted by atomic mass is 16.5. The molecule has 1 N–H and O–H groups in total. The van der Waals surface area contributed by atoms with Gasteiger partial charge in [-0.1, -0.05) is 24.3 Å². The molecule has 3 heterocycles. The molecule has 148 valence electrons. The monoisotopic (exact) mass is 397 g/mol. The van der Waals surface area contributed by atoms with Gasteiger partial charge in [-0.3, -0.25) is 4.79 Å². The van der Waals surface area contributed by atoms with Crippen molar-refractivity contribution in [3.05, 3.63) is 78.6 Å². The Balaban J connectivity index is 1.49. The number of amides is 1. The van der Waals surface area contributed by atoms with Gasteiger partial charge in [-0.15, -0.1) is 0 Å². The Hall–Kier alpha value is -4.13. The van der Waals surface area contributed by atoms with Gasteiger partial charge in [-0.05, 0) is 36.4 Å². The van der Waals surface area contributed by atoms with Crippen LogP contribution >= 0.6 is 0 Å². The minimum absolute atomic E-state index is 0.210. The first-order valence-electron chi connectivity index (χ1n) is 9.49. The van der Waals surface area contributed by atoms with Gasteiger partial charge in [0.1, 0.15) is 5.65 Å².